The molecule has 0 spiro atoms. The molecule has 0 fully saturated rings. The molecular formula is C22H16N4O5S. The largest absolute Gasteiger partial charge is 0.361 e. The lowest BCUT2D eigenvalue weighted by atomic mass is 10.1. The maximum atomic E-state index is 13.2. The van der Waals surface area contributed by atoms with Gasteiger partial charge in [-0.05, 0) is 43.3 Å². The number of sulfonamides is 1. The number of carbonyl (C=O) groups is 2. The molecule has 160 valence electrons. The zero-order chi connectivity index (χ0) is 22.5. The summed E-state index contributed by atoms with van der Waals surface area (Å²) in [5.41, 5.74) is 1.96. The smallest absolute Gasteiger partial charge is 0.262 e. The van der Waals surface area contributed by atoms with Gasteiger partial charge in [-0.2, -0.15) is 0 Å². The molecule has 1 aliphatic rings. The lowest BCUT2D eigenvalue weighted by molar-refractivity contribution is 0.101. The van der Waals surface area contributed by atoms with Crippen LogP contribution in [0.3, 0.4) is 0 Å². The Morgan fingerprint density at radius 3 is 2.62 bits per heavy atom. The molecule has 0 radical (unpaired) electrons. The summed E-state index contributed by atoms with van der Waals surface area (Å²) in [5.74, 6) is -0.313. The van der Waals surface area contributed by atoms with Crippen LogP contribution in [-0.2, 0) is 10.0 Å². The van der Waals surface area contributed by atoms with Gasteiger partial charge in [0.1, 0.15) is 11.3 Å². The first kappa shape index (κ1) is 19.8. The number of aromatic nitrogens is 1. The lowest BCUT2D eigenvalue weighted by Gasteiger charge is -2.12. The monoisotopic (exact) mass is 448 g/mol. The fraction of sp³-hybridized carbons (Fsp3) is 0.0455. The van der Waals surface area contributed by atoms with E-state index in [1.54, 1.807) is 49.4 Å². The van der Waals surface area contributed by atoms with E-state index in [4.69, 9.17) is 4.52 Å². The van der Waals surface area contributed by atoms with Gasteiger partial charge in [-0.1, -0.05) is 23.4 Å². The van der Waals surface area contributed by atoms with Crippen molar-refractivity contribution in [1.82, 2.24) is 5.16 Å². The van der Waals surface area contributed by atoms with Gasteiger partial charge in [0.15, 0.2) is 0 Å². The van der Waals surface area contributed by atoms with Crippen molar-refractivity contribution in [1.29, 1.82) is 0 Å². The molecule has 1 aromatic heterocycles. The Morgan fingerprint density at radius 1 is 1.06 bits per heavy atom. The summed E-state index contributed by atoms with van der Waals surface area (Å²) in [5, 5.41) is 10.0. The van der Waals surface area contributed by atoms with Crippen LogP contribution >= 0.6 is 0 Å². The van der Waals surface area contributed by atoms with Crippen LogP contribution in [0.2, 0.25) is 0 Å². The number of rotatable bonds is 5. The van der Waals surface area contributed by atoms with E-state index >= 15 is 0 Å². The van der Waals surface area contributed by atoms with E-state index in [-0.39, 0.29) is 22.1 Å². The van der Waals surface area contributed by atoms with Gasteiger partial charge in [-0.15, -0.1) is 0 Å². The highest BCUT2D eigenvalue weighted by molar-refractivity contribution is 7.93. The molecule has 1 aliphatic heterocycles. The Labute approximate surface area is 182 Å². The van der Waals surface area contributed by atoms with Crippen molar-refractivity contribution >= 4 is 49.7 Å². The number of anilines is 3. The van der Waals surface area contributed by atoms with E-state index in [0.29, 0.717) is 33.5 Å². The summed E-state index contributed by atoms with van der Waals surface area (Å²) in [6.07, 6.45) is 1.31. The summed E-state index contributed by atoms with van der Waals surface area (Å²) in [4.78, 5) is 24.5. The van der Waals surface area contributed by atoms with Crippen molar-refractivity contribution in [2.75, 3.05) is 15.4 Å². The number of nitrogens with zero attached hydrogens (tertiary/aromatic N) is 1. The Hall–Kier alpha value is -4.18. The number of hydrogen-bond donors (Lipinski definition) is 3. The van der Waals surface area contributed by atoms with Crippen LogP contribution in [0, 0.1) is 6.92 Å². The molecule has 2 heterocycles. The minimum atomic E-state index is -3.99. The van der Waals surface area contributed by atoms with E-state index < -0.39 is 15.9 Å². The van der Waals surface area contributed by atoms with Gasteiger partial charge in [0.2, 0.25) is 0 Å². The molecule has 0 saturated carbocycles. The Kier molecular flexibility index (Phi) is 4.45. The molecule has 3 aromatic carbocycles. The number of amides is 2. The fourth-order valence-corrected chi connectivity index (χ4v) is 4.94. The Morgan fingerprint density at radius 2 is 1.84 bits per heavy atom. The lowest BCUT2D eigenvalue weighted by Crippen LogP contribution is -2.15. The van der Waals surface area contributed by atoms with Crippen LogP contribution in [0.25, 0.3) is 10.8 Å². The van der Waals surface area contributed by atoms with Crippen LogP contribution in [0.5, 0.6) is 0 Å². The van der Waals surface area contributed by atoms with Gasteiger partial charge < -0.3 is 15.2 Å². The minimum absolute atomic E-state index is 0.0455. The summed E-state index contributed by atoms with van der Waals surface area (Å²) in [6, 6.07) is 14.3. The maximum absolute atomic E-state index is 13.2. The molecular weight excluding hydrogens is 432 g/mol. The van der Waals surface area contributed by atoms with Gasteiger partial charge >= 0.3 is 0 Å². The van der Waals surface area contributed by atoms with E-state index in [9.17, 15) is 18.0 Å². The fourth-order valence-electron chi connectivity index (χ4n) is 3.68. The van der Waals surface area contributed by atoms with Crippen LogP contribution < -0.4 is 15.4 Å². The molecule has 0 bridgehead atoms. The zero-order valence-electron chi connectivity index (χ0n) is 16.7. The minimum Gasteiger partial charge on any atom is -0.361 e. The standard InChI is InChI=1S/C22H16N4O5S/c1-12-17(11-23-31-12)22(28)24-13-4-2-5-14(10-13)26-32(29,30)19-9-8-18-20-15(19)6-3-7-16(20)21(27)25-18/h2-11,26H,1H3,(H,24,28)(H,25,27). The molecule has 32 heavy (non-hydrogen) atoms. The highest BCUT2D eigenvalue weighted by Crippen LogP contribution is 2.37. The SMILES string of the molecule is Cc1oncc1C(=O)Nc1cccc(NS(=O)(=O)c2ccc3c4c(cccc24)C(=O)N3)c1. The number of benzene rings is 3. The molecule has 5 rings (SSSR count). The second kappa shape index (κ2) is 7.20. The van der Waals surface area contributed by atoms with E-state index in [0.717, 1.165) is 0 Å². The number of hydrogen-bond acceptors (Lipinski definition) is 6. The first-order chi connectivity index (χ1) is 15.3. The predicted molar refractivity (Wildman–Crippen MR) is 118 cm³/mol. The maximum Gasteiger partial charge on any atom is 0.262 e. The highest BCUT2D eigenvalue weighted by Gasteiger charge is 2.26. The summed E-state index contributed by atoms with van der Waals surface area (Å²) >= 11 is 0. The molecule has 0 atom stereocenters. The zero-order valence-corrected chi connectivity index (χ0v) is 17.5. The number of carbonyl (C=O) groups excluding carboxylic acids is 2. The Balaban J connectivity index is 1.46. The quantitative estimate of drug-likeness (QED) is 0.426. The van der Waals surface area contributed by atoms with Crippen molar-refractivity contribution in [3.63, 3.8) is 0 Å². The third-order valence-corrected chi connectivity index (χ3v) is 6.59. The third kappa shape index (κ3) is 3.26. The van der Waals surface area contributed by atoms with Gasteiger partial charge in [0.25, 0.3) is 21.8 Å². The predicted octanol–water partition coefficient (Wildman–Crippen LogP) is 3.76. The first-order valence-electron chi connectivity index (χ1n) is 9.56. The second-order valence-corrected chi connectivity index (χ2v) is 8.88. The number of aryl methyl sites for hydroxylation is 1. The van der Waals surface area contributed by atoms with Crippen LogP contribution in [0.1, 0.15) is 26.5 Å². The van der Waals surface area contributed by atoms with E-state index in [1.165, 1.54) is 18.3 Å². The van der Waals surface area contributed by atoms with E-state index in [1.807, 2.05) is 0 Å². The van der Waals surface area contributed by atoms with Gasteiger partial charge in [-0.25, -0.2) is 8.42 Å². The van der Waals surface area contributed by atoms with Gasteiger partial charge in [-0.3, -0.25) is 14.3 Å². The molecule has 0 saturated heterocycles. The van der Waals surface area contributed by atoms with Gasteiger partial charge in [0.05, 0.1) is 16.8 Å². The summed E-state index contributed by atoms with van der Waals surface area (Å²) < 4.78 is 33.8. The Bertz CT molecular complexity index is 1520. The molecule has 0 aliphatic carbocycles. The average molecular weight is 448 g/mol. The van der Waals surface area contributed by atoms with Crippen molar-refractivity contribution in [3.05, 3.63) is 77.7 Å². The van der Waals surface area contributed by atoms with Crippen molar-refractivity contribution in [2.45, 2.75) is 11.8 Å². The highest BCUT2D eigenvalue weighted by atomic mass is 32.2. The summed E-state index contributed by atoms with van der Waals surface area (Å²) in [7, 11) is -3.99. The number of nitrogens with one attached hydrogen (secondary N) is 3. The van der Waals surface area contributed by atoms with Crippen LogP contribution in [0.15, 0.2) is 70.2 Å². The van der Waals surface area contributed by atoms with Crippen molar-refractivity contribution in [3.8, 4) is 0 Å². The summed E-state index contributed by atoms with van der Waals surface area (Å²) in [6.45, 7) is 1.62. The molecule has 3 N–H and O–H groups in total. The van der Waals surface area contributed by atoms with E-state index in [2.05, 4.69) is 20.5 Å². The molecule has 4 aromatic rings. The molecule has 0 unspecified atom stereocenters. The van der Waals surface area contributed by atoms with Crippen LogP contribution in [-0.4, -0.2) is 25.4 Å². The molecule has 2 amide bonds. The topological polar surface area (TPSA) is 130 Å². The molecule has 10 heteroatoms. The first-order valence-corrected chi connectivity index (χ1v) is 11.0. The van der Waals surface area contributed by atoms with Gasteiger partial charge in [0, 0.05) is 27.7 Å². The third-order valence-electron chi connectivity index (χ3n) is 5.15. The molecule has 9 nitrogen and oxygen atoms in total. The normalized spacial score (nSPS) is 12.6. The average Bonchev–Trinajstić information content (AvgIpc) is 3.32. The van der Waals surface area contributed by atoms with Crippen molar-refractivity contribution in [2.24, 2.45) is 0 Å². The van der Waals surface area contributed by atoms with Crippen molar-refractivity contribution < 1.29 is 22.5 Å². The van der Waals surface area contributed by atoms with Crippen LogP contribution in [0.4, 0.5) is 17.1 Å². The second-order valence-electron chi connectivity index (χ2n) is 7.23.